The van der Waals surface area contributed by atoms with E-state index in [-0.39, 0.29) is 11.2 Å². The Hall–Kier alpha value is -2.34. The van der Waals surface area contributed by atoms with E-state index in [0.717, 1.165) is 5.56 Å². The summed E-state index contributed by atoms with van der Waals surface area (Å²) < 4.78 is 5.12. The van der Waals surface area contributed by atoms with Gasteiger partial charge in [-0.3, -0.25) is 4.79 Å². The zero-order chi connectivity index (χ0) is 15.4. The molecule has 1 aromatic heterocycles. The minimum Gasteiger partial charge on any atom is -0.463 e. The number of amides is 1. The number of nitrogens with one attached hydrogen (secondary N) is 1. The predicted molar refractivity (Wildman–Crippen MR) is 88.1 cm³/mol. The highest BCUT2D eigenvalue weighted by Gasteiger charge is 2.30. The van der Waals surface area contributed by atoms with Gasteiger partial charge in [0.05, 0.1) is 17.7 Å². The first kappa shape index (κ1) is 14.6. The molecule has 112 valence electrons. The number of nitrogens with zero attached hydrogens (tertiary/aromatic N) is 2. The zero-order valence-corrected chi connectivity index (χ0v) is 12.8. The van der Waals surface area contributed by atoms with Crippen LogP contribution < -0.4 is 5.32 Å². The number of amidine groups is 1. The summed E-state index contributed by atoms with van der Waals surface area (Å²) in [4.78, 5) is 12.0. The summed E-state index contributed by atoms with van der Waals surface area (Å²) >= 11 is 1.40. The molecule has 2 heterocycles. The summed E-state index contributed by atoms with van der Waals surface area (Å²) in [6.45, 7) is 2.04. The first-order chi connectivity index (χ1) is 10.7. The lowest BCUT2D eigenvalue weighted by molar-refractivity contribution is -0.118. The van der Waals surface area contributed by atoms with Crippen LogP contribution in [-0.4, -0.2) is 22.5 Å². The van der Waals surface area contributed by atoms with Crippen molar-refractivity contribution < 1.29 is 9.21 Å². The lowest BCUT2D eigenvalue weighted by atomic mass is 10.1. The predicted octanol–water partition coefficient (Wildman–Crippen LogP) is 2.75. The Bertz CT molecular complexity index is 723. The Morgan fingerprint density at radius 2 is 2.27 bits per heavy atom. The summed E-state index contributed by atoms with van der Waals surface area (Å²) in [5.74, 6) is 0.591. The number of carbonyl (C=O) groups is 1. The van der Waals surface area contributed by atoms with Crippen molar-refractivity contribution in [2.45, 2.75) is 18.6 Å². The molecule has 1 aliphatic rings. The zero-order valence-electron chi connectivity index (χ0n) is 12.0. The van der Waals surface area contributed by atoms with Gasteiger partial charge in [0.2, 0.25) is 5.91 Å². The van der Waals surface area contributed by atoms with Gasteiger partial charge in [-0.05, 0) is 31.0 Å². The van der Waals surface area contributed by atoms with Gasteiger partial charge in [-0.15, -0.1) is 5.10 Å². The van der Waals surface area contributed by atoms with Gasteiger partial charge in [0, 0.05) is 0 Å². The maximum atomic E-state index is 12.0. The van der Waals surface area contributed by atoms with Gasteiger partial charge in [0.1, 0.15) is 5.76 Å². The molecule has 5 nitrogen and oxygen atoms in total. The van der Waals surface area contributed by atoms with Crippen molar-refractivity contribution in [3.8, 4) is 0 Å². The van der Waals surface area contributed by atoms with E-state index in [1.54, 1.807) is 18.4 Å². The van der Waals surface area contributed by atoms with Crippen LogP contribution in [0, 0.1) is 6.92 Å². The average Bonchev–Trinajstić information content (AvgIpc) is 3.10. The lowest BCUT2D eigenvalue weighted by Gasteiger charge is -2.05. The third-order valence-corrected chi connectivity index (χ3v) is 4.23. The van der Waals surface area contributed by atoms with Gasteiger partial charge in [-0.1, -0.05) is 41.6 Å². The van der Waals surface area contributed by atoms with Crippen LogP contribution >= 0.6 is 11.8 Å². The molecule has 0 aliphatic carbocycles. The number of aryl methyl sites for hydroxylation is 1. The van der Waals surface area contributed by atoms with Crippen molar-refractivity contribution in [3.63, 3.8) is 0 Å². The van der Waals surface area contributed by atoms with Crippen LogP contribution in [0.3, 0.4) is 0 Å². The van der Waals surface area contributed by atoms with E-state index in [0.29, 0.717) is 17.3 Å². The average molecular weight is 313 g/mol. The van der Waals surface area contributed by atoms with E-state index >= 15 is 0 Å². The molecule has 1 amide bonds. The molecule has 0 bridgehead atoms. The highest BCUT2D eigenvalue weighted by molar-refractivity contribution is 8.15. The van der Waals surface area contributed by atoms with Crippen LogP contribution in [0.1, 0.15) is 16.9 Å². The first-order valence-electron chi connectivity index (χ1n) is 6.88. The molecule has 1 aliphatic heterocycles. The molecule has 1 aromatic carbocycles. The first-order valence-corrected chi connectivity index (χ1v) is 7.76. The molecule has 0 spiro atoms. The summed E-state index contributed by atoms with van der Waals surface area (Å²) in [5, 5.41) is 11.0. The molecule has 1 N–H and O–H groups in total. The SMILES string of the molecule is Cc1cccc(CC2S/C(=N/N=Cc3ccco3)NC2=O)c1. The molecule has 0 saturated carbocycles. The Morgan fingerprint density at radius 1 is 1.36 bits per heavy atom. The number of thioether (sulfide) groups is 1. The maximum absolute atomic E-state index is 12.0. The minimum absolute atomic E-state index is 0.0292. The number of carbonyl (C=O) groups excluding carboxylic acids is 1. The maximum Gasteiger partial charge on any atom is 0.239 e. The molecular weight excluding hydrogens is 298 g/mol. The molecule has 1 atom stereocenters. The van der Waals surface area contributed by atoms with Gasteiger partial charge >= 0.3 is 0 Å². The number of rotatable bonds is 4. The number of furan rings is 1. The third kappa shape index (κ3) is 3.65. The van der Waals surface area contributed by atoms with Crippen LogP contribution in [0.4, 0.5) is 0 Å². The fourth-order valence-electron chi connectivity index (χ4n) is 2.14. The molecular formula is C16H15N3O2S. The van der Waals surface area contributed by atoms with Crippen molar-refractivity contribution in [3.05, 3.63) is 59.5 Å². The fraction of sp³-hybridized carbons (Fsp3) is 0.188. The van der Waals surface area contributed by atoms with Crippen molar-refractivity contribution in [1.29, 1.82) is 0 Å². The summed E-state index contributed by atoms with van der Waals surface area (Å²) in [7, 11) is 0. The second kappa shape index (κ2) is 6.62. The van der Waals surface area contributed by atoms with Gasteiger partial charge in [0.15, 0.2) is 5.17 Å². The molecule has 1 fully saturated rings. The largest absolute Gasteiger partial charge is 0.463 e. The minimum atomic E-state index is -0.167. The molecule has 2 aromatic rings. The van der Waals surface area contributed by atoms with Crippen molar-refractivity contribution in [2.24, 2.45) is 10.2 Å². The summed E-state index contributed by atoms with van der Waals surface area (Å²) in [6, 6.07) is 11.7. The Kier molecular flexibility index (Phi) is 4.39. The summed E-state index contributed by atoms with van der Waals surface area (Å²) in [5.41, 5.74) is 2.34. The van der Waals surface area contributed by atoms with Crippen molar-refractivity contribution in [2.75, 3.05) is 0 Å². The van der Waals surface area contributed by atoms with E-state index in [9.17, 15) is 4.79 Å². The Morgan fingerprint density at radius 3 is 3.05 bits per heavy atom. The van der Waals surface area contributed by atoms with Gasteiger partial charge in [-0.2, -0.15) is 5.10 Å². The molecule has 3 rings (SSSR count). The highest BCUT2D eigenvalue weighted by Crippen LogP contribution is 2.23. The van der Waals surface area contributed by atoms with Gasteiger partial charge in [0.25, 0.3) is 0 Å². The van der Waals surface area contributed by atoms with E-state index in [1.807, 2.05) is 25.1 Å². The monoisotopic (exact) mass is 313 g/mol. The van der Waals surface area contributed by atoms with Crippen molar-refractivity contribution in [1.82, 2.24) is 5.32 Å². The smallest absolute Gasteiger partial charge is 0.239 e. The number of benzene rings is 1. The molecule has 1 unspecified atom stereocenters. The van der Waals surface area contributed by atoms with E-state index in [2.05, 4.69) is 21.6 Å². The molecule has 1 saturated heterocycles. The van der Waals surface area contributed by atoms with Crippen LogP contribution in [0.15, 0.2) is 57.3 Å². The highest BCUT2D eigenvalue weighted by atomic mass is 32.2. The van der Waals surface area contributed by atoms with E-state index in [1.165, 1.54) is 23.5 Å². The van der Waals surface area contributed by atoms with E-state index in [4.69, 9.17) is 4.42 Å². The second-order valence-electron chi connectivity index (χ2n) is 4.95. The second-order valence-corrected chi connectivity index (χ2v) is 6.15. The van der Waals surface area contributed by atoms with Crippen LogP contribution in [0.2, 0.25) is 0 Å². The summed E-state index contributed by atoms with van der Waals surface area (Å²) in [6.07, 6.45) is 3.76. The normalized spacial score (nSPS) is 20.0. The lowest BCUT2D eigenvalue weighted by Crippen LogP contribution is -2.25. The quantitative estimate of drug-likeness (QED) is 0.697. The van der Waals surface area contributed by atoms with Crippen LogP contribution in [0.5, 0.6) is 0 Å². The van der Waals surface area contributed by atoms with Crippen molar-refractivity contribution >= 4 is 29.1 Å². The molecule has 6 heteroatoms. The topological polar surface area (TPSA) is 67.0 Å². The Balaban J connectivity index is 1.63. The molecule has 22 heavy (non-hydrogen) atoms. The molecule has 0 radical (unpaired) electrons. The third-order valence-electron chi connectivity index (χ3n) is 3.16. The van der Waals surface area contributed by atoms with Gasteiger partial charge < -0.3 is 9.73 Å². The van der Waals surface area contributed by atoms with Crippen LogP contribution in [-0.2, 0) is 11.2 Å². The van der Waals surface area contributed by atoms with Gasteiger partial charge in [-0.25, -0.2) is 0 Å². The number of hydrogen-bond donors (Lipinski definition) is 1. The van der Waals surface area contributed by atoms with E-state index < -0.39 is 0 Å². The standard InChI is InChI=1S/C16H15N3O2S/c1-11-4-2-5-12(8-11)9-14-15(20)18-16(22-14)19-17-10-13-6-3-7-21-13/h2-8,10,14H,9H2,1H3,(H,18,19,20). The fourth-order valence-corrected chi connectivity index (χ4v) is 3.11. The number of hydrogen-bond acceptors (Lipinski definition) is 5. The van der Waals surface area contributed by atoms with Crippen LogP contribution in [0.25, 0.3) is 0 Å². The Labute approximate surface area is 132 Å².